The summed E-state index contributed by atoms with van der Waals surface area (Å²) in [6.07, 6.45) is 88.7. The summed E-state index contributed by atoms with van der Waals surface area (Å²) in [4.78, 5) is 4.88. The average molecular weight is 1130 g/mol. The van der Waals surface area contributed by atoms with Gasteiger partial charge in [-0.25, -0.2) is 0 Å². The second-order valence-corrected chi connectivity index (χ2v) is 28.4. The van der Waals surface area contributed by atoms with E-state index >= 15 is 0 Å². The number of unbranched alkanes of at least 4 members (excludes halogenated alkanes) is 57. The molecule has 0 fully saturated rings. The molecule has 0 amide bonds. The van der Waals surface area contributed by atoms with Crippen LogP contribution in [0.1, 0.15) is 419 Å². The third kappa shape index (κ3) is 55.2. The summed E-state index contributed by atoms with van der Waals surface area (Å²) < 4.78 is 0. The van der Waals surface area contributed by atoms with E-state index in [1.165, 1.54) is 403 Å². The van der Waals surface area contributed by atoms with Crippen molar-refractivity contribution < 1.29 is 0 Å². The van der Waals surface area contributed by atoms with Crippen LogP contribution in [0.3, 0.4) is 0 Å². The monoisotopic (exact) mass is 1130 g/mol. The predicted molar refractivity (Wildman–Crippen MR) is 362 cm³/mol. The fraction of sp³-hybridized carbons (Fsp3) is 0.919. The molecule has 0 nitrogen and oxygen atoms in total. The fourth-order valence-corrected chi connectivity index (χ4v) is 15.6. The summed E-state index contributed by atoms with van der Waals surface area (Å²) in [7, 11) is 0. The zero-order valence-electron chi connectivity index (χ0n) is 53.6. The van der Waals surface area contributed by atoms with Crippen LogP contribution in [0.2, 0.25) is 0 Å². The van der Waals surface area contributed by atoms with E-state index in [0.29, 0.717) is 0 Å². The van der Waals surface area contributed by atoms with Gasteiger partial charge in [0, 0.05) is 14.7 Å². The molecule has 1 rings (SSSR count). The number of hydrogen-bond acceptors (Lipinski definition) is 3. The van der Waals surface area contributed by atoms with E-state index in [2.05, 4.69) is 75.1 Å². The summed E-state index contributed by atoms with van der Waals surface area (Å²) in [5.41, 5.74) is 1.56. The Morgan fingerprint density at radius 2 is 0.351 bits per heavy atom. The first-order valence-electron chi connectivity index (χ1n) is 36.3. The molecule has 0 unspecified atom stereocenters. The zero-order chi connectivity index (χ0) is 55.1. The minimum atomic E-state index is 1.16. The van der Waals surface area contributed by atoms with Crippen LogP contribution in [0.25, 0.3) is 0 Å². The van der Waals surface area contributed by atoms with Gasteiger partial charge in [0.15, 0.2) is 0 Å². The third-order valence-electron chi connectivity index (χ3n) is 17.2. The lowest BCUT2D eigenvalue weighted by atomic mass is 10.0. The quantitative estimate of drug-likeness (QED) is 0.0471. The molecule has 0 saturated carbocycles. The Morgan fingerprint density at radius 1 is 0.195 bits per heavy atom. The number of thioether (sulfide) groups is 3. The molecule has 0 aliphatic heterocycles. The normalized spacial score (nSPS) is 11.7. The Labute approximate surface area is 501 Å². The molecule has 77 heavy (non-hydrogen) atoms. The van der Waals surface area contributed by atoms with Gasteiger partial charge in [0.1, 0.15) is 0 Å². The number of hydrogen-bond donors (Lipinski definition) is 0. The zero-order valence-corrected chi connectivity index (χ0v) is 56.1. The number of benzene rings is 1. The molecule has 1 aromatic carbocycles. The molecule has 0 N–H and O–H groups in total. The van der Waals surface area contributed by atoms with E-state index in [4.69, 9.17) is 0 Å². The smallest absolute Gasteiger partial charge is 0.0344 e. The molecule has 0 atom stereocenters. The molecule has 1 aromatic rings. The summed E-state index contributed by atoms with van der Waals surface area (Å²) >= 11 is 6.64. The van der Waals surface area contributed by atoms with Crippen molar-refractivity contribution in [3.05, 3.63) is 17.7 Å². The Balaban J connectivity index is 2.35. The predicted octanol–water partition coefficient (Wildman–Crippen LogP) is 29.0. The van der Waals surface area contributed by atoms with Gasteiger partial charge in [-0.3, -0.25) is 0 Å². The van der Waals surface area contributed by atoms with Crippen LogP contribution in [-0.4, -0.2) is 17.3 Å². The average Bonchev–Trinajstić information content (AvgIpc) is 3.44. The molecule has 456 valence electrons. The highest BCUT2D eigenvalue weighted by Crippen LogP contribution is 2.41. The Hall–Kier alpha value is 0.270. The molecular weight excluding hydrogens is 985 g/mol. The van der Waals surface area contributed by atoms with Crippen LogP contribution < -0.4 is 0 Å². The van der Waals surface area contributed by atoms with Gasteiger partial charge in [-0.2, -0.15) is 0 Å². The first-order valence-corrected chi connectivity index (χ1v) is 39.3. The van der Waals surface area contributed by atoms with E-state index in [1.807, 2.05) is 0 Å². The van der Waals surface area contributed by atoms with Crippen molar-refractivity contribution in [3.63, 3.8) is 0 Å². The molecular formula is C74H142S3. The lowest BCUT2D eigenvalue weighted by Gasteiger charge is -2.16. The standard InChI is InChI=1S/C74H142S3/c1-5-9-12-15-18-21-24-27-30-33-36-39-42-45-48-51-54-57-60-63-66-75-72-69-71(8-4)70-73(76-67-64-61-58-55-52-49-46-43-40-37-34-31-28-25-22-19-16-13-10-6-2)74(72)77-68-65-62-59-56-53-50-47-44-41-38-35-32-29-26-23-20-17-14-11-7-3/h69-70H,5-68H2,1-4H3. The summed E-state index contributed by atoms with van der Waals surface area (Å²) in [5.74, 6) is 3.88. The SMILES string of the molecule is CCCCCCCCCCCCCCCCCCCCCCSc1cc(CC)cc(SCCCCCCCCCCCCCCCCCCCCCC)c1SCCCCCCCCCCCCCCCCCCCCCC. The molecule has 0 spiro atoms. The van der Waals surface area contributed by atoms with E-state index in [-0.39, 0.29) is 0 Å². The molecule has 0 radical (unpaired) electrons. The summed E-state index contributed by atoms with van der Waals surface area (Å²) in [6, 6.07) is 5.20. The van der Waals surface area contributed by atoms with Crippen molar-refractivity contribution in [2.75, 3.05) is 17.3 Å². The van der Waals surface area contributed by atoms with Crippen LogP contribution in [0.4, 0.5) is 0 Å². The first kappa shape index (κ1) is 75.3. The van der Waals surface area contributed by atoms with Gasteiger partial charge in [-0.15, -0.1) is 35.3 Å². The largest absolute Gasteiger partial charge is 0.125 e. The van der Waals surface area contributed by atoms with Crippen molar-refractivity contribution in [2.24, 2.45) is 0 Å². The molecule has 0 aromatic heterocycles. The van der Waals surface area contributed by atoms with E-state index in [0.717, 1.165) is 6.42 Å². The highest BCUT2D eigenvalue weighted by molar-refractivity contribution is 8.03. The number of rotatable bonds is 67. The maximum Gasteiger partial charge on any atom is 0.0344 e. The van der Waals surface area contributed by atoms with Gasteiger partial charge < -0.3 is 0 Å². The lowest BCUT2D eigenvalue weighted by Crippen LogP contribution is -1.94. The molecule has 0 aliphatic rings. The van der Waals surface area contributed by atoms with Gasteiger partial charge in [-0.1, -0.05) is 394 Å². The highest BCUT2D eigenvalue weighted by Gasteiger charge is 2.14. The van der Waals surface area contributed by atoms with E-state index in [1.54, 1.807) is 20.2 Å². The molecule has 3 heteroatoms. The second kappa shape index (κ2) is 65.4. The van der Waals surface area contributed by atoms with Crippen molar-refractivity contribution in [2.45, 2.75) is 434 Å². The minimum Gasteiger partial charge on any atom is -0.125 e. The van der Waals surface area contributed by atoms with Crippen LogP contribution >= 0.6 is 35.3 Å². The maximum absolute atomic E-state index is 2.60. The fourth-order valence-electron chi connectivity index (χ4n) is 11.8. The van der Waals surface area contributed by atoms with Gasteiger partial charge in [-0.05, 0) is 60.6 Å². The molecule has 0 aliphatic carbocycles. The molecule has 0 bridgehead atoms. The topological polar surface area (TPSA) is 0 Å². The van der Waals surface area contributed by atoms with Crippen LogP contribution in [-0.2, 0) is 6.42 Å². The summed E-state index contributed by atoms with van der Waals surface area (Å²) in [6.45, 7) is 9.34. The van der Waals surface area contributed by atoms with Crippen molar-refractivity contribution >= 4 is 35.3 Å². The van der Waals surface area contributed by atoms with Gasteiger partial charge in [0.2, 0.25) is 0 Å². The Kier molecular flexibility index (Phi) is 64.0. The van der Waals surface area contributed by atoms with Gasteiger partial charge >= 0.3 is 0 Å². The van der Waals surface area contributed by atoms with Crippen LogP contribution in [0, 0.1) is 0 Å². The third-order valence-corrected chi connectivity index (χ3v) is 21.0. The molecule has 0 saturated heterocycles. The Bertz CT molecular complexity index is 1180. The summed E-state index contributed by atoms with van der Waals surface area (Å²) in [5, 5.41) is 0. The van der Waals surface area contributed by atoms with E-state index in [9.17, 15) is 0 Å². The van der Waals surface area contributed by atoms with Gasteiger partial charge in [0.05, 0.1) is 0 Å². The van der Waals surface area contributed by atoms with E-state index < -0.39 is 0 Å². The van der Waals surface area contributed by atoms with Crippen LogP contribution in [0.15, 0.2) is 26.8 Å². The van der Waals surface area contributed by atoms with Crippen molar-refractivity contribution in [1.82, 2.24) is 0 Å². The number of aryl methyl sites for hydroxylation is 1. The van der Waals surface area contributed by atoms with Crippen molar-refractivity contribution in [3.8, 4) is 0 Å². The molecule has 0 heterocycles. The first-order chi connectivity index (χ1) is 38.3. The second-order valence-electron chi connectivity index (χ2n) is 25.0. The maximum atomic E-state index is 2.60. The minimum absolute atomic E-state index is 1.16. The highest BCUT2D eigenvalue weighted by atomic mass is 32.2. The van der Waals surface area contributed by atoms with Gasteiger partial charge in [0.25, 0.3) is 0 Å². The van der Waals surface area contributed by atoms with Crippen molar-refractivity contribution in [1.29, 1.82) is 0 Å². The lowest BCUT2D eigenvalue weighted by molar-refractivity contribution is 0.523. The Morgan fingerprint density at radius 3 is 0.519 bits per heavy atom. The van der Waals surface area contributed by atoms with Crippen LogP contribution in [0.5, 0.6) is 0 Å².